The molecular formula is C25H23N5O. The Balaban J connectivity index is 1.46. The summed E-state index contributed by atoms with van der Waals surface area (Å²) in [6.45, 7) is 1.71. The van der Waals surface area contributed by atoms with Crippen molar-refractivity contribution in [2.75, 3.05) is 6.54 Å². The number of hydrogen-bond acceptors (Lipinski definition) is 4. The van der Waals surface area contributed by atoms with Crippen molar-refractivity contribution in [1.29, 1.82) is 0 Å². The van der Waals surface area contributed by atoms with Crippen molar-refractivity contribution in [3.05, 3.63) is 88.5 Å². The fraction of sp³-hybridized carbons (Fsp3) is 0.240. The van der Waals surface area contributed by atoms with Gasteiger partial charge in [-0.15, -0.1) is 10.2 Å². The largest absolute Gasteiger partial charge is 0.289 e. The third kappa shape index (κ3) is 2.79. The van der Waals surface area contributed by atoms with Crippen molar-refractivity contribution in [2.45, 2.75) is 25.4 Å². The van der Waals surface area contributed by atoms with Gasteiger partial charge in [-0.1, -0.05) is 54.6 Å². The average molecular weight is 409 g/mol. The molecule has 0 radical (unpaired) electrons. The van der Waals surface area contributed by atoms with Crippen LogP contribution < -0.4 is 5.56 Å². The van der Waals surface area contributed by atoms with Crippen molar-refractivity contribution < 1.29 is 0 Å². The zero-order chi connectivity index (χ0) is 20.9. The van der Waals surface area contributed by atoms with E-state index >= 15 is 0 Å². The molecule has 0 spiro atoms. The molecule has 1 fully saturated rings. The number of aryl methyl sites for hydroxylation is 1. The molecular weight excluding hydrogens is 386 g/mol. The van der Waals surface area contributed by atoms with E-state index in [0.29, 0.717) is 23.8 Å². The lowest BCUT2D eigenvalue weighted by molar-refractivity contribution is 0.243. The Bertz CT molecular complexity index is 1490. The summed E-state index contributed by atoms with van der Waals surface area (Å²) in [4.78, 5) is 15.2. The summed E-state index contributed by atoms with van der Waals surface area (Å²) in [6, 6.07) is 23.2. The van der Waals surface area contributed by atoms with Crippen molar-refractivity contribution in [3.8, 4) is 0 Å². The monoisotopic (exact) mass is 409 g/mol. The molecule has 2 aromatic heterocycles. The highest BCUT2D eigenvalue weighted by atomic mass is 16.1. The maximum absolute atomic E-state index is 12.7. The molecule has 0 bridgehead atoms. The minimum atomic E-state index is -0.0446. The SMILES string of the molecule is Cn1c(=O)c2ccccc2n2c(CN3CCCC3c3cccc4ccccc34)nnc12. The standard InChI is InChI=1S/C25H23N5O/c1-28-24(31)20-11-4-5-13-22(20)30-23(26-27-25(28)30)16-29-15-7-14-21(29)19-12-6-9-17-8-2-3-10-18(17)19/h2-6,8-13,21H,7,14-16H2,1H3. The lowest BCUT2D eigenvalue weighted by atomic mass is 9.97. The molecule has 154 valence electrons. The third-order valence-electron chi connectivity index (χ3n) is 6.58. The Hall–Kier alpha value is -3.51. The molecule has 0 aliphatic carbocycles. The maximum Gasteiger partial charge on any atom is 0.262 e. The van der Waals surface area contributed by atoms with Gasteiger partial charge in [-0.05, 0) is 47.9 Å². The number of hydrogen-bond donors (Lipinski definition) is 0. The normalized spacial score (nSPS) is 17.3. The van der Waals surface area contributed by atoms with E-state index in [-0.39, 0.29) is 5.56 Å². The third-order valence-corrected chi connectivity index (χ3v) is 6.58. The topological polar surface area (TPSA) is 55.4 Å². The fourth-order valence-electron chi connectivity index (χ4n) is 5.08. The van der Waals surface area contributed by atoms with Crippen molar-refractivity contribution in [3.63, 3.8) is 0 Å². The molecule has 0 saturated carbocycles. The van der Waals surface area contributed by atoms with Crippen LogP contribution in [0.15, 0.2) is 71.5 Å². The zero-order valence-corrected chi connectivity index (χ0v) is 17.4. The first-order chi connectivity index (χ1) is 15.2. The van der Waals surface area contributed by atoms with Gasteiger partial charge < -0.3 is 0 Å². The van der Waals surface area contributed by atoms with E-state index in [4.69, 9.17) is 0 Å². The van der Waals surface area contributed by atoms with Gasteiger partial charge in [0.05, 0.1) is 17.4 Å². The van der Waals surface area contributed by atoms with E-state index in [1.165, 1.54) is 16.3 Å². The number of benzene rings is 3. The van der Waals surface area contributed by atoms with Crippen LogP contribution in [0.1, 0.15) is 30.3 Å². The number of aromatic nitrogens is 4. The first kappa shape index (κ1) is 18.3. The molecule has 1 aliphatic rings. The Morgan fingerprint density at radius 2 is 1.71 bits per heavy atom. The van der Waals surface area contributed by atoms with Crippen LogP contribution in [-0.4, -0.2) is 30.6 Å². The van der Waals surface area contributed by atoms with E-state index in [9.17, 15) is 4.79 Å². The van der Waals surface area contributed by atoms with E-state index in [1.807, 2.05) is 28.7 Å². The van der Waals surface area contributed by atoms with Crippen LogP contribution in [0.3, 0.4) is 0 Å². The van der Waals surface area contributed by atoms with Gasteiger partial charge in [-0.25, -0.2) is 0 Å². The highest BCUT2D eigenvalue weighted by Gasteiger charge is 2.29. The molecule has 31 heavy (non-hydrogen) atoms. The van der Waals surface area contributed by atoms with Crippen molar-refractivity contribution in [2.24, 2.45) is 7.05 Å². The second-order valence-electron chi connectivity index (χ2n) is 8.33. The molecule has 6 rings (SSSR count). The first-order valence-corrected chi connectivity index (χ1v) is 10.8. The molecule has 1 aliphatic heterocycles. The smallest absolute Gasteiger partial charge is 0.262 e. The zero-order valence-electron chi connectivity index (χ0n) is 17.4. The van der Waals surface area contributed by atoms with E-state index in [1.54, 1.807) is 11.6 Å². The van der Waals surface area contributed by atoms with Gasteiger partial charge in [0.2, 0.25) is 5.78 Å². The van der Waals surface area contributed by atoms with E-state index in [0.717, 1.165) is 30.7 Å². The van der Waals surface area contributed by atoms with Crippen molar-refractivity contribution in [1.82, 2.24) is 24.1 Å². The lowest BCUT2D eigenvalue weighted by Gasteiger charge is -2.25. The summed E-state index contributed by atoms with van der Waals surface area (Å²) in [5.74, 6) is 1.45. The Morgan fingerprint density at radius 3 is 2.61 bits per heavy atom. The van der Waals surface area contributed by atoms with Crippen molar-refractivity contribution >= 4 is 27.5 Å². The average Bonchev–Trinajstić information content (AvgIpc) is 3.45. The van der Waals surface area contributed by atoms with E-state index in [2.05, 4.69) is 57.6 Å². The molecule has 3 heterocycles. The summed E-state index contributed by atoms with van der Waals surface area (Å²) >= 11 is 0. The molecule has 1 unspecified atom stereocenters. The molecule has 1 saturated heterocycles. The summed E-state index contributed by atoms with van der Waals surface area (Å²) in [7, 11) is 1.76. The Morgan fingerprint density at radius 1 is 0.935 bits per heavy atom. The Kier molecular flexibility index (Phi) is 4.14. The van der Waals surface area contributed by atoms with Gasteiger partial charge in [-0.2, -0.15) is 0 Å². The van der Waals surface area contributed by atoms with E-state index < -0.39 is 0 Å². The summed E-state index contributed by atoms with van der Waals surface area (Å²) < 4.78 is 3.63. The Labute approximate surface area is 179 Å². The van der Waals surface area contributed by atoms with Gasteiger partial charge in [0.1, 0.15) is 0 Å². The quantitative estimate of drug-likeness (QED) is 0.451. The molecule has 6 heteroatoms. The molecule has 3 aromatic carbocycles. The molecule has 5 aromatic rings. The first-order valence-electron chi connectivity index (χ1n) is 10.8. The van der Waals surface area contributed by atoms with Gasteiger partial charge in [0.25, 0.3) is 5.56 Å². The van der Waals surface area contributed by atoms with Crippen LogP contribution in [0, 0.1) is 0 Å². The second kappa shape index (κ2) is 7.03. The van der Waals surface area contributed by atoms with Crippen LogP contribution in [0.2, 0.25) is 0 Å². The molecule has 1 atom stereocenters. The van der Waals surface area contributed by atoms with Crippen LogP contribution in [-0.2, 0) is 13.6 Å². The van der Waals surface area contributed by atoms with Crippen LogP contribution >= 0.6 is 0 Å². The lowest BCUT2D eigenvalue weighted by Crippen LogP contribution is -2.25. The van der Waals surface area contributed by atoms with Crippen LogP contribution in [0.25, 0.3) is 27.5 Å². The summed E-state index contributed by atoms with van der Waals surface area (Å²) in [6.07, 6.45) is 2.29. The van der Waals surface area contributed by atoms with Gasteiger partial charge in [0, 0.05) is 13.1 Å². The number of para-hydroxylation sites is 1. The van der Waals surface area contributed by atoms with Crippen LogP contribution in [0.5, 0.6) is 0 Å². The fourth-order valence-corrected chi connectivity index (χ4v) is 5.08. The highest BCUT2D eigenvalue weighted by molar-refractivity contribution is 5.86. The number of rotatable bonds is 3. The molecule has 6 nitrogen and oxygen atoms in total. The predicted molar refractivity (Wildman–Crippen MR) is 122 cm³/mol. The number of likely N-dealkylation sites (tertiary alicyclic amines) is 1. The number of nitrogens with zero attached hydrogens (tertiary/aromatic N) is 5. The summed E-state index contributed by atoms with van der Waals surface area (Å²) in [5.41, 5.74) is 2.19. The predicted octanol–water partition coefficient (Wildman–Crippen LogP) is 4.07. The summed E-state index contributed by atoms with van der Waals surface area (Å²) in [5, 5.41) is 12.2. The highest BCUT2D eigenvalue weighted by Crippen LogP contribution is 2.36. The maximum atomic E-state index is 12.7. The number of fused-ring (bicyclic) bond motifs is 4. The molecule has 0 N–H and O–H groups in total. The van der Waals surface area contributed by atoms with Gasteiger partial charge in [0.15, 0.2) is 5.82 Å². The molecule has 0 amide bonds. The minimum Gasteiger partial charge on any atom is -0.289 e. The minimum absolute atomic E-state index is 0.0446. The van der Waals surface area contributed by atoms with Gasteiger partial charge >= 0.3 is 0 Å². The second-order valence-corrected chi connectivity index (χ2v) is 8.33. The van der Waals surface area contributed by atoms with Crippen LogP contribution in [0.4, 0.5) is 0 Å². The van der Waals surface area contributed by atoms with Gasteiger partial charge in [-0.3, -0.25) is 18.7 Å².